The minimum atomic E-state index is -3.80. The third-order valence-electron chi connectivity index (χ3n) is 3.90. The summed E-state index contributed by atoms with van der Waals surface area (Å²) in [5.41, 5.74) is -0.829. The maximum absolute atomic E-state index is 12.4. The fourth-order valence-corrected chi connectivity index (χ4v) is 2.94. The monoisotopic (exact) mass is 346 g/mol. The van der Waals surface area contributed by atoms with E-state index in [2.05, 4.69) is 10.0 Å². The Bertz CT molecular complexity index is 688. The molecule has 0 aromatic carbocycles. The Morgan fingerprint density at radius 1 is 1.30 bits per heavy atom. The number of aliphatic carboxylic acids is 1. The van der Waals surface area contributed by atoms with Gasteiger partial charge in [0.1, 0.15) is 5.76 Å². The van der Waals surface area contributed by atoms with Gasteiger partial charge in [0, 0.05) is 6.07 Å². The summed E-state index contributed by atoms with van der Waals surface area (Å²) >= 11 is 0. The molecule has 9 heteroatoms. The minimum Gasteiger partial charge on any atom is -0.481 e. The molecule has 0 aliphatic rings. The van der Waals surface area contributed by atoms with Gasteiger partial charge in [0.15, 0.2) is 0 Å². The van der Waals surface area contributed by atoms with Gasteiger partial charge in [-0.25, -0.2) is 13.1 Å². The summed E-state index contributed by atoms with van der Waals surface area (Å²) in [6, 6.07) is 1.13. The largest absolute Gasteiger partial charge is 0.481 e. The van der Waals surface area contributed by atoms with E-state index < -0.39 is 27.4 Å². The lowest BCUT2D eigenvalue weighted by molar-refractivity contribution is -0.138. The topological polar surface area (TPSA) is 126 Å². The number of rotatable bonds is 8. The second-order valence-corrected chi connectivity index (χ2v) is 7.07. The molecule has 0 saturated carbocycles. The predicted molar refractivity (Wildman–Crippen MR) is 82.7 cm³/mol. The number of carbonyl (C=O) groups is 2. The van der Waals surface area contributed by atoms with Gasteiger partial charge in [-0.15, -0.1) is 0 Å². The molecule has 3 N–H and O–H groups in total. The van der Waals surface area contributed by atoms with Crippen molar-refractivity contribution in [3.05, 3.63) is 17.4 Å². The number of aryl methyl sites for hydroxylation is 1. The molecule has 0 spiro atoms. The smallest absolute Gasteiger partial charge is 0.305 e. The van der Waals surface area contributed by atoms with Crippen LogP contribution in [0.4, 0.5) is 0 Å². The lowest BCUT2D eigenvalue weighted by atomic mass is 9.88. The number of nitrogens with one attached hydrogen (secondary N) is 2. The third kappa shape index (κ3) is 4.32. The van der Waals surface area contributed by atoms with Crippen molar-refractivity contribution in [3.63, 3.8) is 0 Å². The highest BCUT2D eigenvalue weighted by atomic mass is 32.2. The summed E-state index contributed by atoms with van der Waals surface area (Å²) in [7, 11) is -2.56. The predicted octanol–water partition coefficient (Wildman–Crippen LogP) is 1.26. The lowest BCUT2D eigenvalue weighted by Gasteiger charge is -2.31. The van der Waals surface area contributed by atoms with Gasteiger partial charge in [0.05, 0.1) is 17.5 Å². The fourth-order valence-electron chi connectivity index (χ4n) is 2.23. The van der Waals surface area contributed by atoms with Crippen LogP contribution >= 0.6 is 0 Å². The molecule has 23 heavy (non-hydrogen) atoms. The summed E-state index contributed by atoms with van der Waals surface area (Å²) in [4.78, 5) is 23.5. The van der Waals surface area contributed by atoms with Crippen molar-refractivity contribution in [2.75, 3.05) is 7.05 Å². The van der Waals surface area contributed by atoms with Crippen molar-refractivity contribution in [1.29, 1.82) is 0 Å². The minimum absolute atomic E-state index is 0.0653. The van der Waals surface area contributed by atoms with Gasteiger partial charge in [-0.1, -0.05) is 13.8 Å². The zero-order valence-corrected chi connectivity index (χ0v) is 14.4. The van der Waals surface area contributed by atoms with Crippen molar-refractivity contribution in [1.82, 2.24) is 10.0 Å². The van der Waals surface area contributed by atoms with E-state index in [1.54, 1.807) is 13.8 Å². The highest BCUT2D eigenvalue weighted by Crippen LogP contribution is 2.23. The number of furan rings is 1. The van der Waals surface area contributed by atoms with Crippen LogP contribution in [0.25, 0.3) is 0 Å². The van der Waals surface area contributed by atoms with Crippen LogP contribution in [0, 0.1) is 6.92 Å². The average molecular weight is 346 g/mol. The Morgan fingerprint density at radius 2 is 1.87 bits per heavy atom. The number of carbonyl (C=O) groups excluding carboxylic acids is 1. The maximum Gasteiger partial charge on any atom is 0.305 e. The number of carboxylic acid groups (broad SMARTS) is 1. The quantitative estimate of drug-likeness (QED) is 0.650. The first kappa shape index (κ1) is 19.2. The van der Waals surface area contributed by atoms with E-state index in [0.717, 1.165) is 6.07 Å². The van der Waals surface area contributed by atoms with Gasteiger partial charge < -0.3 is 14.8 Å². The highest BCUT2D eigenvalue weighted by molar-refractivity contribution is 7.89. The Kier molecular flexibility index (Phi) is 5.95. The van der Waals surface area contributed by atoms with Crippen LogP contribution in [0.5, 0.6) is 0 Å². The first-order valence-electron chi connectivity index (χ1n) is 7.19. The second-order valence-electron chi connectivity index (χ2n) is 5.25. The number of hydrogen-bond donors (Lipinski definition) is 3. The molecule has 0 unspecified atom stereocenters. The van der Waals surface area contributed by atoms with Crippen molar-refractivity contribution in [2.24, 2.45) is 0 Å². The van der Waals surface area contributed by atoms with Crippen molar-refractivity contribution >= 4 is 21.9 Å². The van der Waals surface area contributed by atoms with Gasteiger partial charge in [-0.05, 0) is 26.8 Å². The van der Waals surface area contributed by atoms with E-state index in [4.69, 9.17) is 9.52 Å². The van der Waals surface area contributed by atoms with Crippen LogP contribution in [0.15, 0.2) is 15.6 Å². The van der Waals surface area contributed by atoms with Gasteiger partial charge in [0.2, 0.25) is 5.09 Å². The van der Waals surface area contributed by atoms with E-state index in [9.17, 15) is 18.0 Å². The summed E-state index contributed by atoms with van der Waals surface area (Å²) in [5.74, 6) is -1.43. The summed E-state index contributed by atoms with van der Waals surface area (Å²) in [6.45, 7) is 5.04. The molecule has 8 nitrogen and oxygen atoms in total. The van der Waals surface area contributed by atoms with E-state index in [0.29, 0.717) is 12.8 Å². The molecule has 0 aliphatic heterocycles. The number of hydrogen-bond acceptors (Lipinski definition) is 5. The standard InChI is InChI=1S/C14H22N2O6S/c1-5-14(6-2,8-11(17)18)16-13(19)10-7-12(22-9(10)3)23(20,21)15-4/h7,15H,5-6,8H2,1-4H3,(H,16,19)(H,17,18). The molecule has 1 amide bonds. The third-order valence-corrected chi connectivity index (χ3v) is 5.16. The Labute approximate surface area is 135 Å². The molecule has 1 rings (SSSR count). The Morgan fingerprint density at radius 3 is 2.30 bits per heavy atom. The van der Waals surface area contributed by atoms with Crippen LogP contribution in [0.3, 0.4) is 0 Å². The van der Waals surface area contributed by atoms with E-state index in [1.165, 1.54) is 14.0 Å². The number of amides is 1. The van der Waals surface area contributed by atoms with Crippen LogP contribution in [-0.2, 0) is 14.8 Å². The summed E-state index contributed by atoms with van der Waals surface area (Å²) < 4.78 is 30.7. The van der Waals surface area contributed by atoms with Crippen molar-refractivity contribution < 1.29 is 27.5 Å². The molecule has 0 fully saturated rings. The molecule has 0 bridgehead atoms. The molecule has 0 radical (unpaired) electrons. The van der Waals surface area contributed by atoms with Gasteiger partial charge in [0.25, 0.3) is 15.9 Å². The molecule has 130 valence electrons. The van der Waals surface area contributed by atoms with Crippen LogP contribution in [0.2, 0.25) is 0 Å². The van der Waals surface area contributed by atoms with Crippen LogP contribution < -0.4 is 10.0 Å². The van der Waals surface area contributed by atoms with Gasteiger partial charge >= 0.3 is 5.97 Å². The number of sulfonamides is 1. The van der Waals surface area contributed by atoms with Gasteiger partial charge in [-0.2, -0.15) is 0 Å². The summed E-state index contributed by atoms with van der Waals surface area (Å²) in [6.07, 6.45) is 0.643. The SMILES string of the molecule is CCC(CC)(CC(=O)O)NC(=O)c1cc(S(=O)(=O)NC)oc1C. The second kappa shape index (κ2) is 7.14. The van der Waals surface area contributed by atoms with Gasteiger partial charge in [-0.3, -0.25) is 9.59 Å². The first-order chi connectivity index (χ1) is 10.6. The molecule has 0 atom stereocenters. The summed E-state index contributed by atoms with van der Waals surface area (Å²) in [5, 5.41) is 11.4. The fraction of sp³-hybridized carbons (Fsp3) is 0.571. The number of carboxylic acids is 1. The van der Waals surface area contributed by atoms with E-state index >= 15 is 0 Å². The molecule has 0 aliphatic carbocycles. The molecule has 0 saturated heterocycles. The molecule has 1 aromatic heterocycles. The van der Waals surface area contributed by atoms with Crippen molar-refractivity contribution in [3.8, 4) is 0 Å². The zero-order valence-electron chi connectivity index (χ0n) is 13.6. The normalized spacial score (nSPS) is 12.2. The Hall–Kier alpha value is -1.87. The first-order valence-corrected chi connectivity index (χ1v) is 8.67. The molecule has 1 heterocycles. The van der Waals surface area contributed by atoms with Crippen LogP contribution in [-0.4, -0.2) is 38.0 Å². The lowest BCUT2D eigenvalue weighted by Crippen LogP contribution is -2.49. The molecular formula is C14H22N2O6S. The molecule has 1 aromatic rings. The Balaban J connectivity index is 3.12. The maximum atomic E-state index is 12.4. The highest BCUT2D eigenvalue weighted by Gasteiger charge is 2.33. The zero-order chi connectivity index (χ0) is 17.8. The molecular weight excluding hydrogens is 324 g/mol. The average Bonchev–Trinajstić information content (AvgIpc) is 2.88. The van der Waals surface area contributed by atoms with Crippen molar-refractivity contribution in [2.45, 2.75) is 50.7 Å². The van der Waals surface area contributed by atoms with E-state index in [1.807, 2.05) is 0 Å². The van der Waals surface area contributed by atoms with E-state index in [-0.39, 0.29) is 22.8 Å². The van der Waals surface area contributed by atoms with Crippen LogP contribution in [0.1, 0.15) is 49.2 Å².